The van der Waals surface area contributed by atoms with Crippen LogP contribution in [0.3, 0.4) is 0 Å². The van der Waals surface area contributed by atoms with Gasteiger partial charge in [0.2, 0.25) is 0 Å². The van der Waals surface area contributed by atoms with Gasteiger partial charge < -0.3 is 0 Å². The van der Waals surface area contributed by atoms with Gasteiger partial charge in [0, 0.05) is 44.9 Å². The molecule has 0 spiro atoms. The molecule has 0 fully saturated rings. The van der Waals surface area contributed by atoms with Crippen molar-refractivity contribution in [1.82, 2.24) is 29.9 Å². The van der Waals surface area contributed by atoms with Crippen LogP contribution in [0.2, 0.25) is 0 Å². The second-order valence-corrected chi connectivity index (χ2v) is 35.8. The Morgan fingerprint density at radius 3 is 0.981 bits per heavy atom. The first-order valence-corrected chi connectivity index (χ1v) is 38.9. The Bertz CT molecular complexity index is 5620. The predicted molar refractivity (Wildman–Crippen MR) is 429 cm³/mol. The Morgan fingerprint density at radius 1 is 0.262 bits per heavy atom. The summed E-state index contributed by atoms with van der Waals surface area (Å²) in [5.41, 5.74) is 23.4. The highest BCUT2D eigenvalue weighted by Gasteiger charge is 2.63. The summed E-state index contributed by atoms with van der Waals surface area (Å²) in [5, 5.41) is 0. The first kappa shape index (κ1) is 65.9. The first-order chi connectivity index (χ1) is 51.4. The number of hydrogen-bond acceptors (Lipinski definition) is 6. The van der Waals surface area contributed by atoms with Crippen LogP contribution < -0.4 is 0 Å². The van der Waals surface area contributed by atoms with Gasteiger partial charge in [-0.3, -0.25) is 0 Å². The van der Waals surface area contributed by atoms with E-state index in [-0.39, 0.29) is 38.4 Å². The maximum atomic E-state index is 18.9. The van der Waals surface area contributed by atoms with Crippen molar-refractivity contribution in [3.05, 3.63) is 366 Å². The van der Waals surface area contributed by atoms with Crippen molar-refractivity contribution in [2.75, 3.05) is 0 Å². The normalized spacial score (nSPS) is 23.2. The fourth-order valence-electron chi connectivity index (χ4n) is 21.0. The molecule has 0 saturated heterocycles. The molecule has 2 aromatic heterocycles. The van der Waals surface area contributed by atoms with E-state index in [0.717, 1.165) is 101 Å². The lowest BCUT2D eigenvalue weighted by Crippen LogP contribution is -2.50. The van der Waals surface area contributed by atoms with E-state index in [1.54, 1.807) is 0 Å². The zero-order valence-corrected chi connectivity index (χ0v) is 63.3. The van der Waals surface area contributed by atoms with E-state index in [1.807, 2.05) is 54.6 Å². The largest absolute Gasteiger partial charge is 0.228 e. The number of aromatic nitrogens is 6. The summed E-state index contributed by atoms with van der Waals surface area (Å²) in [6.45, 7) is 27.4. The Morgan fingerprint density at radius 2 is 0.561 bits per heavy atom. The molecule has 22 rings (SSSR count). The maximum absolute atomic E-state index is 18.9. The van der Waals surface area contributed by atoms with Crippen LogP contribution in [0.1, 0.15) is 238 Å². The number of halogens is 1. The topological polar surface area (TPSA) is 77.3 Å². The van der Waals surface area contributed by atoms with Gasteiger partial charge >= 0.3 is 0 Å². The summed E-state index contributed by atoms with van der Waals surface area (Å²) in [4.78, 5) is 34.5. The number of benzene rings is 11. The molecule has 9 aliphatic carbocycles. The van der Waals surface area contributed by atoms with E-state index in [1.165, 1.54) is 72.3 Å². The number of nitrogens with zero attached hydrogens (tertiary/aromatic N) is 6. The van der Waals surface area contributed by atoms with Gasteiger partial charge in [-0.1, -0.05) is 319 Å². The van der Waals surface area contributed by atoms with E-state index >= 15 is 4.39 Å². The van der Waals surface area contributed by atoms with Crippen molar-refractivity contribution in [3.63, 3.8) is 0 Å². The smallest absolute Gasteiger partial charge is 0.187 e. The Hall–Kier alpha value is -10.6. The van der Waals surface area contributed by atoms with Gasteiger partial charge in [0.05, 0.1) is 0 Å². The molecule has 7 heteroatoms. The molecule has 526 valence electrons. The Kier molecular flexibility index (Phi) is 14.0. The number of fused-ring (bicyclic) bond motifs is 3. The molecule has 6 nitrogen and oxygen atoms in total. The van der Waals surface area contributed by atoms with E-state index in [4.69, 9.17) is 29.9 Å². The molecular weight excluding hydrogens is 1300 g/mol. The monoisotopic (exact) mass is 1390 g/mol. The maximum Gasteiger partial charge on any atom is 0.187 e. The van der Waals surface area contributed by atoms with Crippen LogP contribution in [0.25, 0.3) is 56.7 Å². The first-order valence-electron chi connectivity index (χ1n) is 38.9. The average Bonchev–Trinajstić information content (AvgIpc) is 0.661. The second-order valence-electron chi connectivity index (χ2n) is 35.8. The molecule has 107 heavy (non-hydrogen) atoms. The fraction of sp³-hybridized carbons (Fsp3) is 0.280. The Labute approximate surface area is 629 Å². The van der Waals surface area contributed by atoms with Crippen molar-refractivity contribution in [2.24, 2.45) is 0 Å². The minimum atomic E-state index is -1.88. The van der Waals surface area contributed by atoms with Gasteiger partial charge in [0.25, 0.3) is 0 Å². The van der Waals surface area contributed by atoms with Gasteiger partial charge in [0.15, 0.2) is 40.6 Å². The second kappa shape index (κ2) is 22.7. The lowest BCUT2D eigenvalue weighted by molar-refractivity contribution is 0.248. The molecular formula is C100H89FN6. The highest BCUT2D eigenvalue weighted by atomic mass is 19.1. The molecule has 13 aromatic rings. The lowest BCUT2D eigenvalue weighted by atomic mass is 9.48. The molecule has 11 aromatic carbocycles. The lowest BCUT2D eigenvalue weighted by Gasteiger charge is -2.54. The predicted octanol–water partition coefficient (Wildman–Crippen LogP) is 23.1. The molecule has 0 N–H and O–H groups in total. The average molecular weight is 1390 g/mol. The van der Waals surface area contributed by atoms with Crippen molar-refractivity contribution >= 4 is 0 Å². The molecule has 1 atom stereocenters. The number of alkyl halides is 1. The van der Waals surface area contributed by atoms with Crippen molar-refractivity contribution in [3.8, 4) is 56.7 Å². The van der Waals surface area contributed by atoms with Crippen LogP contribution in [0.5, 0.6) is 0 Å². The fourth-order valence-corrected chi connectivity index (χ4v) is 21.0. The van der Waals surface area contributed by atoms with Crippen molar-refractivity contribution < 1.29 is 4.39 Å². The minimum absolute atomic E-state index is 0.0366. The molecule has 0 aliphatic heterocycles. The van der Waals surface area contributed by atoms with Crippen LogP contribution >= 0.6 is 0 Å². The number of hydrogen-bond donors (Lipinski definition) is 0. The SMILES string of the molecule is CC1(C)CCC(C)(C)c2cc3c(cc21)C1c2cc4c(cc2C3(c2nc(-c3ccccc3)nc(-c3ccccc3)n2)c2cc3c(cc21)C(C)(C)CCC3(C)Cc1cccc(-c2nc(-c3ccc(-c5ccccc5)cc3)nc(C35c6ccccc6C(F)(c6ccccc63)c3ccccc35)n2)c1)C(C)(C)CCC4(C)C. The third-order valence-electron chi connectivity index (χ3n) is 27.2. The molecule has 2 heterocycles. The van der Waals surface area contributed by atoms with Gasteiger partial charge in [0.1, 0.15) is 10.8 Å². The summed E-state index contributed by atoms with van der Waals surface area (Å²) in [6, 6.07) is 89.7. The van der Waals surface area contributed by atoms with Crippen LogP contribution in [-0.2, 0) is 55.4 Å². The summed E-state index contributed by atoms with van der Waals surface area (Å²) in [7, 11) is 0. The molecule has 4 bridgehead atoms. The summed E-state index contributed by atoms with van der Waals surface area (Å²) in [6.07, 6.45) is 7.15. The van der Waals surface area contributed by atoms with Crippen LogP contribution in [0.15, 0.2) is 249 Å². The van der Waals surface area contributed by atoms with E-state index < -0.39 is 16.5 Å². The third kappa shape index (κ3) is 9.34. The van der Waals surface area contributed by atoms with Crippen molar-refractivity contribution in [2.45, 2.75) is 176 Å². The zero-order valence-electron chi connectivity index (χ0n) is 63.3. The standard InChI is InChI=1S/C100H89FN6/c1-92(2)46-48-94(5,6)82-56-76-67(53-79(82)92)85-68-54-80-83(95(7,8)49-47-93(80,3)4)57-77(68)99(76,91-104-86(63-31-17-13-18-32-63)102-87(105-91)64-33-19-14-20-34-64)78-58-84-81(55-69(78)85)96(9,10)50-51-97(84,11)59-60-28-27-35-66(52-60)89-103-88(65-44-42-62(43-45-65)61-29-15-12-16-30-61)106-90(107-89)98-70-36-21-24-39-73(70)100(101,74-40-25-22-37-71(74)98)75-41-26-23-38-72(75)98/h12-45,52-58,85H,46-51,59H2,1-11H3. The quantitative estimate of drug-likeness (QED) is 0.143. The molecule has 1 unspecified atom stereocenters. The minimum Gasteiger partial charge on any atom is -0.228 e. The summed E-state index contributed by atoms with van der Waals surface area (Å²) < 4.78 is 18.9. The number of rotatable bonds is 9. The highest BCUT2D eigenvalue weighted by molar-refractivity contribution is 5.82. The third-order valence-corrected chi connectivity index (χ3v) is 27.2. The molecule has 0 amide bonds. The summed E-state index contributed by atoms with van der Waals surface area (Å²) >= 11 is 0. The van der Waals surface area contributed by atoms with E-state index in [9.17, 15) is 0 Å². The van der Waals surface area contributed by atoms with Gasteiger partial charge in [-0.2, -0.15) is 0 Å². The van der Waals surface area contributed by atoms with Crippen LogP contribution in [0.4, 0.5) is 4.39 Å². The highest BCUT2D eigenvalue weighted by Crippen LogP contribution is 2.68. The van der Waals surface area contributed by atoms with Crippen molar-refractivity contribution in [1.29, 1.82) is 0 Å². The Balaban J connectivity index is 0.814. The van der Waals surface area contributed by atoms with E-state index in [2.05, 4.69) is 270 Å². The zero-order chi connectivity index (χ0) is 73.2. The van der Waals surface area contributed by atoms with Crippen LogP contribution in [0, 0.1) is 0 Å². The molecule has 0 saturated carbocycles. The van der Waals surface area contributed by atoms with Gasteiger partial charge in [-0.15, -0.1) is 0 Å². The van der Waals surface area contributed by atoms with Gasteiger partial charge in [-0.05, 0) is 184 Å². The molecule has 0 radical (unpaired) electrons. The van der Waals surface area contributed by atoms with E-state index in [0.29, 0.717) is 45.8 Å². The summed E-state index contributed by atoms with van der Waals surface area (Å²) in [5.74, 6) is 3.73. The van der Waals surface area contributed by atoms with Crippen LogP contribution in [-0.4, -0.2) is 29.9 Å². The van der Waals surface area contributed by atoms with Gasteiger partial charge in [-0.25, -0.2) is 34.3 Å². The molecule has 9 aliphatic rings.